The monoisotopic (exact) mass is 442 g/mol. The van der Waals surface area contributed by atoms with Crippen molar-refractivity contribution in [3.63, 3.8) is 0 Å². The summed E-state index contributed by atoms with van der Waals surface area (Å²) < 4.78 is 66.5. The van der Waals surface area contributed by atoms with Crippen LogP contribution in [0.4, 0.5) is 17.6 Å². The normalized spacial score (nSPS) is 11.7. The van der Waals surface area contributed by atoms with Gasteiger partial charge in [-0.05, 0) is 26.1 Å². The van der Waals surface area contributed by atoms with Crippen LogP contribution in [0.2, 0.25) is 0 Å². The summed E-state index contributed by atoms with van der Waals surface area (Å²) in [4.78, 5) is 1.94. The Morgan fingerprint density at radius 2 is 2.00 bits per heavy atom. The van der Waals surface area contributed by atoms with Gasteiger partial charge in [0.25, 0.3) is 0 Å². The minimum Gasteiger partial charge on any atom is -0.490 e. The SMILES string of the molecule is CCCCN(C)Cc1[nH]ncc1-c1c(F)c(OCCCOC)cc(C(F)(F)F)c1C#N. The summed E-state index contributed by atoms with van der Waals surface area (Å²) in [6.45, 7) is 3.37. The molecule has 0 aliphatic rings. The second-order valence-corrected chi connectivity index (χ2v) is 7.14. The molecule has 0 saturated heterocycles. The van der Waals surface area contributed by atoms with E-state index in [-0.39, 0.29) is 12.2 Å². The molecule has 1 N–H and O–H groups in total. The first-order chi connectivity index (χ1) is 14.7. The van der Waals surface area contributed by atoms with Crippen LogP contribution in [0.25, 0.3) is 11.1 Å². The van der Waals surface area contributed by atoms with Crippen molar-refractivity contribution in [2.45, 2.75) is 38.9 Å². The van der Waals surface area contributed by atoms with Crippen LogP contribution in [0.5, 0.6) is 5.75 Å². The van der Waals surface area contributed by atoms with Crippen LogP contribution in [0, 0.1) is 17.1 Å². The first-order valence-electron chi connectivity index (χ1n) is 9.91. The van der Waals surface area contributed by atoms with Gasteiger partial charge in [0.1, 0.15) is 6.07 Å². The third kappa shape index (κ3) is 6.18. The van der Waals surface area contributed by atoms with Gasteiger partial charge in [0, 0.05) is 37.8 Å². The summed E-state index contributed by atoms with van der Waals surface area (Å²) in [6, 6.07) is 2.07. The molecule has 6 nitrogen and oxygen atoms in total. The summed E-state index contributed by atoms with van der Waals surface area (Å²) in [5.74, 6) is -1.59. The highest BCUT2D eigenvalue weighted by atomic mass is 19.4. The molecule has 0 saturated carbocycles. The molecule has 170 valence electrons. The number of H-pyrrole nitrogens is 1. The number of hydrogen-bond acceptors (Lipinski definition) is 5. The second-order valence-electron chi connectivity index (χ2n) is 7.14. The number of aromatic nitrogens is 2. The van der Waals surface area contributed by atoms with Crippen molar-refractivity contribution in [3.8, 4) is 22.9 Å². The highest BCUT2D eigenvalue weighted by Crippen LogP contribution is 2.42. The average molecular weight is 442 g/mol. The van der Waals surface area contributed by atoms with E-state index >= 15 is 4.39 Å². The van der Waals surface area contributed by atoms with E-state index in [0.717, 1.165) is 19.4 Å². The molecule has 1 aromatic heterocycles. The van der Waals surface area contributed by atoms with Crippen LogP contribution in [0.1, 0.15) is 43.0 Å². The van der Waals surface area contributed by atoms with E-state index in [0.29, 0.717) is 31.3 Å². The number of ether oxygens (including phenoxy) is 2. The van der Waals surface area contributed by atoms with Crippen molar-refractivity contribution in [1.82, 2.24) is 15.1 Å². The van der Waals surface area contributed by atoms with Crippen LogP contribution in [0.3, 0.4) is 0 Å². The van der Waals surface area contributed by atoms with Gasteiger partial charge >= 0.3 is 6.18 Å². The van der Waals surface area contributed by atoms with Crippen LogP contribution < -0.4 is 4.74 Å². The fourth-order valence-corrected chi connectivity index (χ4v) is 3.14. The van der Waals surface area contributed by atoms with Crippen molar-refractivity contribution in [2.75, 3.05) is 33.9 Å². The zero-order valence-corrected chi connectivity index (χ0v) is 17.8. The predicted octanol–water partition coefficient (Wildman–Crippen LogP) is 4.75. The topological polar surface area (TPSA) is 74.2 Å². The Morgan fingerprint density at radius 1 is 1.26 bits per heavy atom. The number of nitrogens with one attached hydrogen (secondary N) is 1. The lowest BCUT2D eigenvalue weighted by molar-refractivity contribution is -0.137. The second kappa shape index (κ2) is 11.1. The molecule has 2 aromatic rings. The predicted molar refractivity (Wildman–Crippen MR) is 107 cm³/mol. The molecule has 2 rings (SSSR count). The number of benzene rings is 1. The van der Waals surface area contributed by atoms with Crippen molar-refractivity contribution >= 4 is 0 Å². The van der Waals surface area contributed by atoms with Gasteiger partial charge in [0.15, 0.2) is 11.6 Å². The number of unbranched alkanes of at least 4 members (excludes halogenated alkanes) is 1. The zero-order chi connectivity index (χ0) is 23.0. The smallest absolute Gasteiger partial charge is 0.417 e. The van der Waals surface area contributed by atoms with Crippen LogP contribution in [0.15, 0.2) is 12.3 Å². The standard InChI is InChI=1S/C21H26F4N4O2/c1-4-5-7-29(2)13-17-15(12-27-28-17)19-14(11-26)16(21(23,24)25)10-18(20(19)22)31-9-6-8-30-3/h10,12H,4-9,13H2,1-3H3,(H,27,28). The minimum atomic E-state index is -4.86. The van der Waals surface area contributed by atoms with E-state index in [1.165, 1.54) is 19.4 Å². The lowest BCUT2D eigenvalue weighted by atomic mass is 9.94. The molecule has 0 atom stereocenters. The number of rotatable bonds is 11. The lowest BCUT2D eigenvalue weighted by Gasteiger charge is -2.19. The van der Waals surface area contributed by atoms with Crippen LogP contribution in [-0.2, 0) is 17.5 Å². The van der Waals surface area contributed by atoms with Gasteiger partial charge in [-0.1, -0.05) is 13.3 Å². The fourth-order valence-electron chi connectivity index (χ4n) is 3.14. The molecule has 0 bridgehead atoms. The highest BCUT2D eigenvalue weighted by Gasteiger charge is 2.38. The Bertz CT molecular complexity index is 906. The van der Waals surface area contributed by atoms with Crippen LogP contribution in [-0.4, -0.2) is 49.0 Å². The number of halogens is 4. The Kier molecular flexibility index (Phi) is 8.83. The Labute approximate surface area is 178 Å². The number of alkyl halides is 3. The Hall–Kier alpha value is -2.64. The molecular weight excluding hydrogens is 416 g/mol. The van der Waals surface area contributed by atoms with Gasteiger partial charge in [-0.15, -0.1) is 0 Å². The maximum absolute atomic E-state index is 15.4. The third-order valence-corrected chi connectivity index (χ3v) is 4.71. The molecule has 10 heteroatoms. The van der Waals surface area contributed by atoms with E-state index in [1.807, 2.05) is 18.9 Å². The van der Waals surface area contributed by atoms with E-state index in [9.17, 15) is 18.4 Å². The Balaban J connectivity index is 2.56. The van der Waals surface area contributed by atoms with Crippen molar-refractivity contribution in [3.05, 3.63) is 34.9 Å². The molecule has 31 heavy (non-hydrogen) atoms. The van der Waals surface area contributed by atoms with E-state index in [4.69, 9.17) is 9.47 Å². The summed E-state index contributed by atoms with van der Waals surface area (Å²) in [6.07, 6.45) is -1.35. The molecule has 0 fully saturated rings. The fraction of sp³-hybridized carbons (Fsp3) is 0.524. The van der Waals surface area contributed by atoms with Crippen LogP contribution >= 0.6 is 0 Å². The highest BCUT2D eigenvalue weighted by molar-refractivity contribution is 5.76. The van der Waals surface area contributed by atoms with E-state index in [1.54, 1.807) is 0 Å². The number of nitriles is 1. The lowest BCUT2D eigenvalue weighted by Crippen LogP contribution is -2.20. The van der Waals surface area contributed by atoms with Gasteiger partial charge in [0.05, 0.1) is 29.6 Å². The Morgan fingerprint density at radius 3 is 2.61 bits per heavy atom. The third-order valence-electron chi connectivity index (χ3n) is 4.71. The van der Waals surface area contributed by atoms with E-state index < -0.39 is 34.4 Å². The summed E-state index contributed by atoms with van der Waals surface area (Å²) in [7, 11) is 3.32. The zero-order valence-electron chi connectivity index (χ0n) is 17.8. The first kappa shape index (κ1) is 24.6. The van der Waals surface area contributed by atoms with Gasteiger partial charge in [0.2, 0.25) is 0 Å². The quantitative estimate of drug-likeness (QED) is 0.401. The van der Waals surface area contributed by atoms with Gasteiger partial charge in [-0.2, -0.15) is 23.5 Å². The molecule has 0 radical (unpaired) electrons. The molecule has 1 aromatic carbocycles. The molecule has 0 aliphatic carbocycles. The van der Waals surface area contributed by atoms with Crippen molar-refractivity contribution in [1.29, 1.82) is 5.26 Å². The van der Waals surface area contributed by atoms with Gasteiger partial charge < -0.3 is 14.4 Å². The first-order valence-corrected chi connectivity index (χ1v) is 9.91. The van der Waals surface area contributed by atoms with Crippen molar-refractivity contribution in [2.24, 2.45) is 0 Å². The molecule has 0 unspecified atom stereocenters. The molecule has 0 spiro atoms. The van der Waals surface area contributed by atoms with Gasteiger partial charge in [-0.25, -0.2) is 4.39 Å². The summed E-state index contributed by atoms with van der Waals surface area (Å²) in [5.41, 5.74) is -2.00. The van der Waals surface area contributed by atoms with E-state index in [2.05, 4.69) is 10.2 Å². The molecule has 1 heterocycles. The molecular formula is C21H26F4N4O2. The maximum Gasteiger partial charge on any atom is 0.417 e. The number of nitrogens with zero attached hydrogens (tertiary/aromatic N) is 3. The average Bonchev–Trinajstić information content (AvgIpc) is 3.16. The summed E-state index contributed by atoms with van der Waals surface area (Å²) >= 11 is 0. The van der Waals surface area contributed by atoms with Crippen molar-refractivity contribution < 1.29 is 27.0 Å². The maximum atomic E-state index is 15.4. The largest absolute Gasteiger partial charge is 0.490 e. The minimum absolute atomic E-state index is 0.0363. The molecule has 0 aliphatic heterocycles. The number of aromatic amines is 1. The number of methoxy groups -OCH3 is 1. The number of hydrogen-bond donors (Lipinski definition) is 1. The summed E-state index contributed by atoms with van der Waals surface area (Å²) in [5, 5.41) is 16.1. The van der Waals surface area contributed by atoms with Gasteiger partial charge in [-0.3, -0.25) is 5.10 Å². The molecule has 0 amide bonds.